The van der Waals surface area contributed by atoms with Crippen LogP contribution in [0.4, 0.5) is 0 Å². The summed E-state index contributed by atoms with van der Waals surface area (Å²) in [5, 5.41) is 0. The first-order chi connectivity index (χ1) is 7.95. The fraction of sp³-hybridized carbons (Fsp3) is 0.786. The van der Waals surface area contributed by atoms with Crippen LogP contribution in [-0.4, -0.2) is 23.0 Å². The Balaban J connectivity index is 1.97. The molecule has 96 valence electrons. The third-order valence-electron chi connectivity index (χ3n) is 3.39. The van der Waals surface area contributed by atoms with Gasteiger partial charge in [0, 0.05) is 12.0 Å². The lowest BCUT2D eigenvalue weighted by molar-refractivity contribution is 0.160. The minimum atomic E-state index is 0.0560. The van der Waals surface area contributed by atoms with Gasteiger partial charge in [-0.25, -0.2) is 4.98 Å². The normalized spacial score (nSPS) is 22.9. The van der Waals surface area contributed by atoms with Crippen molar-refractivity contribution in [1.82, 2.24) is 9.88 Å². The molecule has 1 aliphatic heterocycles. The standard InChI is InChI=1S/C14H24N2O/c1-11-6-5-7-16(9-11)10-13-15-8-12(17-13)14(2,3)4/h8,11H,5-7,9-10H2,1-4H3/t11-/m0/s1. The Morgan fingerprint density at radius 2 is 2.24 bits per heavy atom. The summed E-state index contributed by atoms with van der Waals surface area (Å²) in [6.07, 6.45) is 4.53. The van der Waals surface area contributed by atoms with E-state index in [9.17, 15) is 0 Å². The predicted molar refractivity (Wildman–Crippen MR) is 68.9 cm³/mol. The molecule has 17 heavy (non-hydrogen) atoms. The maximum Gasteiger partial charge on any atom is 0.208 e. The molecule has 2 rings (SSSR count). The zero-order valence-corrected chi connectivity index (χ0v) is 11.5. The molecule has 0 radical (unpaired) electrons. The molecular formula is C14H24N2O. The molecule has 0 aliphatic carbocycles. The van der Waals surface area contributed by atoms with Gasteiger partial charge in [-0.3, -0.25) is 4.90 Å². The smallest absolute Gasteiger partial charge is 0.208 e. The Hall–Kier alpha value is -0.830. The monoisotopic (exact) mass is 236 g/mol. The van der Waals surface area contributed by atoms with Gasteiger partial charge in [-0.1, -0.05) is 27.7 Å². The first-order valence-electron chi connectivity index (χ1n) is 6.62. The highest BCUT2D eigenvalue weighted by Crippen LogP contribution is 2.24. The van der Waals surface area contributed by atoms with Gasteiger partial charge < -0.3 is 4.42 Å². The molecule has 2 heterocycles. The minimum Gasteiger partial charge on any atom is -0.444 e. The number of oxazole rings is 1. The van der Waals surface area contributed by atoms with E-state index in [0.29, 0.717) is 0 Å². The van der Waals surface area contributed by atoms with Crippen molar-refractivity contribution in [2.45, 2.75) is 52.5 Å². The van der Waals surface area contributed by atoms with Crippen molar-refractivity contribution in [2.75, 3.05) is 13.1 Å². The third kappa shape index (κ3) is 3.32. The van der Waals surface area contributed by atoms with Crippen LogP contribution in [0, 0.1) is 5.92 Å². The lowest BCUT2D eigenvalue weighted by Gasteiger charge is -2.29. The average molecular weight is 236 g/mol. The Morgan fingerprint density at radius 3 is 2.82 bits per heavy atom. The highest BCUT2D eigenvalue weighted by atomic mass is 16.4. The van der Waals surface area contributed by atoms with Crippen molar-refractivity contribution in [1.29, 1.82) is 0 Å². The summed E-state index contributed by atoms with van der Waals surface area (Å²) in [5.41, 5.74) is 0.0560. The third-order valence-corrected chi connectivity index (χ3v) is 3.39. The van der Waals surface area contributed by atoms with E-state index in [0.717, 1.165) is 24.1 Å². The van der Waals surface area contributed by atoms with E-state index >= 15 is 0 Å². The molecule has 0 saturated carbocycles. The van der Waals surface area contributed by atoms with E-state index in [1.165, 1.54) is 25.9 Å². The van der Waals surface area contributed by atoms with Crippen molar-refractivity contribution in [3.05, 3.63) is 17.8 Å². The summed E-state index contributed by atoms with van der Waals surface area (Å²) in [5.74, 6) is 2.65. The van der Waals surface area contributed by atoms with Crippen molar-refractivity contribution < 1.29 is 4.42 Å². The van der Waals surface area contributed by atoms with Crippen molar-refractivity contribution in [3.8, 4) is 0 Å². The minimum absolute atomic E-state index is 0.0560. The lowest BCUT2D eigenvalue weighted by atomic mass is 9.94. The predicted octanol–water partition coefficient (Wildman–Crippen LogP) is 3.20. The topological polar surface area (TPSA) is 29.3 Å². The van der Waals surface area contributed by atoms with Gasteiger partial charge >= 0.3 is 0 Å². The molecule has 0 aromatic carbocycles. The number of nitrogens with zero attached hydrogens (tertiary/aromatic N) is 2. The van der Waals surface area contributed by atoms with Gasteiger partial charge in [0.25, 0.3) is 0 Å². The van der Waals surface area contributed by atoms with Gasteiger partial charge in [0.2, 0.25) is 5.89 Å². The van der Waals surface area contributed by atoms with Gasteiger partial charge in [0.1, 0.15) is 5.76 Å². The number of hydrogen-bond donors (Lipinski definition) is 0. The Morgan fingerprint density at radius 1 is 1.47 bits per heavy atom. The quantitative estimate of drug-likeness (QED) is 0.789. The maximum atomic E-state index is 5.83. The maximum absolute atomic E-state index is 5.83. The van der Waals surface area contributed by atoms with E-state index < -0.39 is 0 Å². The zero-order chi connectivity index (χ0) is 12.5. The van der Waals surface area contributed by atoms with E-state index in [-0.39, 0.29) is 5.41 Å². The van der Waals surface area contributed by atoms with Crippen LogP contribution in [0.2, 0.25) is 0 Å². The number of rotatable bonds is 2. The molecule has 1 aliphatic rings. The van der Waals surface area contributed by atoms with E-state index in [4.69, 9.17) is 4.42 Å². The molecule has 1 aromatic heterocycles. The highest BCUT2D eigenvalue weighted by Gasteiger charge is 2.21. The van der Waals surface area contributed by atoms with E-state index in [2.05, 4.69) is 37.6 Å². The van der Waals surface area contributed by atoms with Crippen LogP contribution in [0.25, 0.3) is 0 Å². The Bertz CT molecular complexity index is 365. The van der Waals surface area contributed by atoms with Gasteiger partial charge in [-0.15, -0.1) is 0 Å². The fourth-order valence-corrected chi connectivity index (χ4v) is 2.35. The summed E-state index contributed by atoms with van der Waals surface area (Å²) in [7, 11) is 0. The fourth-order valence-electron chi connectivity index (χ4n) is 2.35. The van der Waals surface area contributed by atoms with Crippen LogP contribution in [-0.2, 0) is 12.0 Å². The molecule has 3 heteroatoms. The molecule has 1 saturated heterocycles. The molecule has 1 fully saturated rings. The second-order valence-electron chi connectivity index (χ2n) is 6.35. The van der Waals surface area contributed by atoms with Crippen LogP contribution in [0.15, 0.2) is 10.6 Å². The molecule has 3 nitrogen and oxygen atoms in total. The highest BCUT2D eigenvalue weighted by molar-refractivity contribution is 5.06. The molecule has 0 bridgehead atoms. The average Bonchev–Trinajstić information content (AvgIpc) is 2.65. The molecular weight excluding hydrogens is 212 g/mol. The Labute approximate surface area is 104 Å². The molecule has 0 amide bonds. The van der Waals surface area contributed by atoms with Crippen LogP contribution in [0.5, 0.6) is 0 Å². The van der Waals surface area contributed by atoms with E-state index in [1.54, 1.807) is 0 Å². The van der Waals surface area contributed by atoms with Gasteiger partial charge in [0.15, 0.2) is 0 Å². The van der Waals surface area contributed by atoms with Crippen LogP contribution in [0.3, 0.4) is 0 Å². The van der Waals surface area contributed by atoms with Crippen LogP contribution >= 0.6 is 0 Å². The summed E-state index contributed by atoms with van der Waals surface area (Å²) in [4.78, 5) is 6.84. The second-order valence-corrected chi connectivity index (χ2v) is 6.35. The van der Waals surface area contributed by atoms with Crippen LogP contribution in [0.1, 0.15) is 52.2 Å². The van der Waals surface area contributed by atoms with Crippen molar-refractivity contribution in [3.63, 3.8) is 0 Å². The number of aromatic nitrogens is 1. The largest absolute Gasteiger partial charge is 0.444 e. The van der Waals surface area contributed by atoms with E-state index in [1.807, 2.05) is 6.20 Å². The number of piperidine rings is 1. The van der Waals surface area contributed by atoms with Crippen molar-refractivity contribution >= 4 is 0 Å². The molecule has 0 N–H and O–H groups in total. The molecule has 1 aromatic rings. The first-order valence-corrected chi connectivity index (χ1v) is 6.62. The summed E-state index contributed by atoms with van der Waals surface area (Å²) >= 11 is 0. The second kappa shape index (κ2) is 4.81. The molecule has 0 unspecified atom stereocenters. The first kappa shape index (κ1) is 12.6. The van der Waals surface area contributed by atoms with Gasteiger partial charge in [-0.05, 0) is 25.3 Å². The molecule has 0 spiro atoms. The summed E-state index contributed by atoms with van der Waals surface area (Å²) in [6.45, 7) is 12.0. The summed E-state index contributed by atoms with van der Waals surface area (Å²) in [6, 6.07) is 0. The SMILES string of the molecule is C[C@H]1CCCN(Cc2ncc(C(C)(C)C)o2)C1. The zero-order valence-electron chi connectivity index (χ0n) is 11.5. The van der Waals surface area contributed by atoms with Crippen LogP contribution < -0.4 is 0 Å². The van der Waals surface area contributed by atoms with Gasteiger partial charge in [-0.2, -0.15) is 0 Å². The number of likely N-dealkylation sites (tertiary alicyclic amines) is 1. The van der Waals surface area contributed by atoms with Gasteiger partial charge in [0.05, 0.1) is 12.7 Å². The Kier molecular flexibility index (Phi) is 3.57. The summed E-state index contributed by atoms with van der Waals surface area (Å²) < 4.78 is 5.83. The number of hydrogen-bond acceptors (Lipinski definition) is 3. The van der Waals surface area contributed by atoms with Crippen molar-refractivity contribution in [2.24, 2.45) is 5.92 Å². The lowest BCUT2D eigenvalue weighted by Crippen LogP contribution is -2.33. The molecule has 1 atom stereocenters.